The summed E-state index contributed by atoms with van der Waals surface area (Å²) in [4.78, 5) is 35.0. The van der Waals surface area contributed by atoms with Crippen LogP contribution in [0.3, 0.4) is 0 Å². The van der Waals surface area contributed by atoms with E-state index < -0.39 is 10.8 Å². The Morgan fingerprint density at radius 2 is 1.68 bits per heavy atom. The van der Waals surface area contributed by atoms with Crippen LogP contribution in [0.25, 0.3) is 5.69 Å². The van der Waals surface area contributed by atoms with Crippen LogP contribution in [0.1, 0.15) is 10.4 Å². The molecule has 0 atom stereocenters. The molecule has 0 bridgehead atoms. The molecular formula is C24H19N5O5. The van der Waals surface area contributed by atoms with Gasteiger partial charge in [0.2, 0.25) is 0 Å². The molecule has 0 radical (unpaired) electrons. The van der Waals surface area contributed by atoms with Gasteiger partial charge in [-0.3, -0.25) is 19.7 Å². The van der Waals surface area contributed by atoms with E-state index in [2.05, 4.69) is 15.7 Å². The van der Waals surface area contributed by atoms with E-state index >= 15 is 0 Å². The van der Waals surface area contributed by atoms with E-state index in [9.17, 15) is 19.7 Å². The molecular weight excluding hydrogens is 438 g/mol. The number of hydrogen-bond donors (Lipinski definition) is 2. The summed E-state index contributed by atoms with van der Waals surface area (Å²) in [6.45, 7) is -0.186. The van der Waals surface area contributed by atoms with Gasteiger partial charge in [-0.25, -0.2) is 4.68 Å². The van der Waals surface area contributed by atoms with Gasteiger partial charge < -0.3 is 15.4 Å². The quantitative estimate of drug-likeness (QED) is 0.303. The van der Waals surface area contributed by atoms with Crippen molar-refractivity contribution in [1.29, 1.82) is 0 Å². The Morgan fingerprint density at radius 3 is 2.41 bits per heavy atom. The lowest BCUT2D eigenvalue weighted by atomic mass is 10.2. The average molecular weight is 457 g/mol. The van der Waals surface area contributed by atoms with Gasteiger partial charge in [-0.2, -0.15) is 5.10 Å². The molecule has 0 saturated carbocycles. The molecule has 0 fully saturated rings. The summed E-state index contributed by atoms with van der Waals surface area (Å²) in [7, 11) is 0. The van der Waals surface area contributed by atoms with Gasteiger partial charge in [-0.05, 0) is 36.4 Å². The minimum Gasteiger partial charge on any atom is -0.484 e. The highest BCUT2D eigenvalue weighted by molar-refractivity contribution is 6.04. The van der Waals surface area contributed by atoms with Gasteiger partial charge in [-0.1, -0.05) is 24.3 Å². The van der Waals surface area contributed by atoms with Crippen molar-refractivity contribution < 1.29 is 19.2 Å². The minimum atomic E-state index is -0.487. The fourth-order valence-electron chi connectivity index (χ4n) is 3.04. The second-order valence-corrected chi connectivity index (χ2v) is 7.13. The van der Waals surface area contributed by atoms with Gasteiger partial charge >= 0.3 is 0 Å². The van der Waals surface area contributed by atoms with Crippen molar-refractivity contribution in [2.24, 2.45) is 0 Å². The van der Waals surface area contributed by atoms with Crippen molar-refractivity contribution in [2.75, 3.05) is 17.2 Å². The van der Waals surface area contributed by atoms with Crippen LogP contribution in [0, 0.1) is 10.1 Å². The number of amides is 2. The highest BCUT2D eigenvalue weighted by Crippen LogP contribution is 2.19. The van der Waals surface area contributed by atoms with Crippen LogP contribution in [0.5, 0.6) is 5.75 Å². The zero-order valence-corrected chi connectivity index (χ0v) is 17.8. The Hall–Kier alpha value is -4.99. The van der Waals surface area contributed by atoms with Crippen LogP contribution in [0.15, 0.2) is 91.3 Å². The standard InChI is InChI=1S/C24H19N5O5/c30-23(26-18-5-2-1-3-6-18)16-34-22-8-4-7-19(13-22)27-24(31)17-14-25-28(15-17)20-9-11-21(12-10-20)29(32)33/h1-15H,16H2,(H,26,30)(H,27,31). The molecule has 0 saturated heterocycles. The SMILES string of the molecule is O=C(COc1cccc(NC(=O)c2cnn(-c3ccc([N+](=O)[O-])cc3)c2)c1)Nc1ccccc1. The predicted molar refractivity (Wildman–Crippen MR) is 125 cm³/mol. The molecule has 4 aromatic rings. The number of carbonyl (C=O) groups excluding carboxylic acids is 2. The molecule has 2 amide bonds. The summed E-state index contributed by atoms with van der Waals surface area (Å²) < 4.78 is 6.98. The molecule has 10 heteroatoms. The molecule has 1 aromatic heterocycles. The van der Waals surface area contributed by atoms with E-state index in [1.54, 1.807) is 48.5 Å². The third-order valence-electron chi connectivity index (χ3n) is 4.69. The first-order chi connectivity index (χ1) is 16.5. The maximum absolute atomic E-state index is 12.6. The normalized spacial score (nSPS) is 10.4. The van der Waals surface area contributed by atoms with Crippen LogP contribution in [0.2, 0.25) is 0 Å². The molecule has 170 valence electrons. The zero-order valence-electron chi connectivity index (χ0n) is 17.8. The van der Waals surface area contributed by atoms with Crippen molar-refractivity contribution in [3.63, 3.8) is 0 Å². The Kier molecular flexibility index (Phi) is 6.59. The summed E-state index contributed by atoms with van der Waals surface area (Å²) in [5.74, 6) is -0.283. The topological polar surface area (TPSA) is 128 Å². The molecule has 10 nitrogen and oxygen atoms in total. The van der Waals surface area contributed by atoms with Gasteiger partial charge in [0.1, 0.15) is 5.75 Å². The van der Waals surface area contributed by atoms with Crippen LogP contribution < -0.4 is 15.4 Å². The zero-order chi connectivity index (χ0) is 23.9. The number of anilines is 2. The number of para-hydroxylation sites is 1. The molecule has 4 rings (SSSR count). The minimum absolute atomic E-state index is 0.0338. The van der Waals surface area contributed by atoms with E-state index in [-0.39, 0.29) is 18.2 Å². The maximum atomic E-state index is 12.6. The van der Waals surface area contributed by atoms with Gasteiger partial charge in [0, 0.05) is 35.8 Å². The van der Waals surface area contributed by atoms with Crippen molar-refractivity contribution in [1.82, 2.24) is 9.78 Å². The number of carbonyl (C=O) groups is 2. The number of hydrogen-bond acceptors (Lipinski definition) is 6. The van der Waals surface area contributed by atoms with Gasteiger partial charge in [0.15, 0.2) is 6.61 Å². The number of rotatable bonds is 8. The average Bonchev–Trinajstić information content (AvgIpc) is 3.34. The summed E-state index contributed by atoms with van der Waals surface area (Å²) in [5, 5.41) is 20.4. The van der Waals surface area contributed by atoms with Gasteiger partial charge in [0.05, 0.1) is 22.4 Å². The van der Waals surface area contributed by atoms with Crippen molar-refractivity contribution >= 4 is 28.9 Å². The molecule has 0 aliphatic rings. The van der Waals surface area contributed by atoms with E-state index in [1.807, 2.05) is 18.2 Å². The first kappa shape index (κ1) is 22.2. The van der Waals surface area contributed by atoms with E-state index in [0.29, 0.717) is 28.4 Å². The molecule has 0 unspecified atom stereocenters. The molecule has 0 aliphatic heterocycles. The highest BCUT2D eigenvalue weighted by atomic mass is 16.6. The maximum Gasteiger partial charge on any atom is 0.269 e. The number of nitro benzene ring substituents is 1. The van der Waals surface area contributed by atoms with Crippen LogP contribution in [-0.4, -0.2) is 33.1 Å². The van der Waals surface area contributed by atoms with Crippen molar-refractivity contribution in [3.05, 3.63) is 107 Å². The number of nitro groups is 1. The largest absolute Gasteiger partial charge is 0.484 e. The Labute approximate surface area is 193 Å². The van der Waals surface area contributed by atoms with E-state index in [0.717, 1.165) is 0 Å². The molecule has 0 aliphatic carbocycles. The fourth-order valence-corrected chi connectivity index (χ4v) is 3.04. The van der Waals surface area contributed by atoms with Crippen LogP contribution in [-0.2, 0) is 4.79 Å². The molecule has 34 heavy (non-hydrogen) atoms. The third kappa shape index (κ3) is 5.62. The molecule has 2 N–H and O–H groups in total. The number of non-ortho nitro benzene ring substituents is 1. The fraction of sp³-hybridized carbons (Fsp3) is 0.0417. The lowest BCUT2D eigenvalue weighted by Crippen LogP contribution is -2.20. The number of nitrogens with zero attached hydrogens (tertiary/aromatic N) is 3. The number of ether oxygens (including phenoxy) is 1. The Balaban J connectivity index is 1.35. The second-order valence-electron chi connectivity index (χ2n) is 7.13. The first-order valence-corrected chi connectivity index (χ1v) is 10.2. The summed E-state index contributed by atoms with van der Waals surface area (Å²) in [6.07, 6.45) is 2.91. The van der Waals surface area contributed by atoms with Crippen molar-refractivity contribution in [2.45, 2.75) is 0 Å². The van der Waals surface area contributed by atoms with Crippen LogP contribution in [0.4, 0.5) is 17.1 Å². The third-order valence-corrected chi connectivity index (χ3v) is 4.69. The highest BCUT2D eigenvalue weighted by Gasteiger charge is 2.12. The molecule has 1 heterocycles. The summed E-state index contributed by atoms with van der Waals surface area (Å²) in [5.41, 5.74) is 2.00. The lowest BCUT2D eigenvalue weighted by molar-refractivity contribution is -0.384. The van der Waals surface area contributed by atoms with Crippen molar-refractivity contribution in [3.8, 4) is 11.4 Å². The Bertz CT molecular complexity index is 1320. The lowest BCUT2D eigenvalue weighted by Gasteiger charge is -2.09. The number of benzene rings is 3. The molecule has 0 spiro atoms. The van der Waals surface area contributed by atoms with Gasteiger partial charge in [0.25, 0.3) is 17.5 Å². The van der Waals surface area contributed by atoms with E-state index in [4.69, 9.17) is 4.74 Å². The second kappa shape index (κ2) is 10.1. The molecule has 3 aromatic carbocycles. The summed E-state index contributed by atoms with van der Waals surface area (Å²) >= 11 is 0. The summed E-state index contributed by atoms with van der Waals surface area (Å²) in [6, 6.07) is 21.5. The monoisotopic (exact) mass is 457 g/mol. The number of aromatic nitrogens is 2. The number of nitrogens with one attached hydrogen (secondary N) is 2. The van der Waals surface area contributed by atoms with Crippen LogP contribution >= 0.6 is 0 Å². The van der Waals surface area contributed by atoms with Gasteiger partial charge in [-0.15, -0.1) is 0 Å². The predicted octanol–water partition coefficient (Wildman–Crippen LogP) is 4.05. The Morgan fingerprint density at radius 1 is 0.941 bits per heavy atom. The first-order valence-electron chi connectivity index (χ1n) is 10.2. The smallest absolute Gasteiger partial charge is 0.269 e. The van der Waals surface area contributed by atoms with E-state index in [1.165, 1.54) is 29.2 Å².